The Hall–Kier alpha value is -2.10. The monoisotopic (exact) mass is 216 g/mol. The van der Waals surface area contributed by atoms with Gasteiger partial charge in [-0.2, -0.15) is 0 Å². The zero-order chi connectivity index (χ0) is 11.5. The summed E-state index contributed by atoms with van der Waals surface area (Å²) in [6, 6.07) is 9.70. The Balaban J connectivity index is 1.98. The molecule has 2 rings (SSSR count). The van der Waals surface area contributed by atoms with E-state index in [9.17, 15) is 9.59 Å². The Kier molecular flexibility index (Phi) is 2.72. The van der Waals surface area contributed by atoms with E-state index in [0.717, 1.165) is 5.56 Å². The molecular weight excluding hydrogens is 204 g/mol. The minimum absolute atomic E-state index is 0.0260. The van der Waals surface area contributed by atoms with Gasteiger partial charge in [0, 0.05) is 12.6 Å². The highest BCUT2D eigenvalue weighted by Crippen LogP contribution is 2.09. The zero-order valence-electron chi connectivity index (χ0n) is 8.72. The third kappa shape index (κ3) is 1.95. The maximum atomic E-state index is 11.4. The lowest BCUT2D eigenvalue weighted by atomic mass is 10.1. The van der Waals surface area contributed by atoms with Crippen LogP contribution < -0.4 is 5.73 Å². The second-order valence-corrected chi connectivity index (χ2v) is 3.63. The molecule has 2 N–H and O–H groups in total. The Morgan fingerprint density at radius 1 is 1.12 bits per heavy atom. The summed E-state index contributed by atoms with van der Waals surface area (Å²) in [5.74, 6) is -0.709. The van der Waals surface area contributed by atoms with Gasteiger partial charge in [-0.25, -0.2) is 0 Å². The van der Waals surface area contributed by atoms with E-state index in [1.54, 1.807) is 0 Å². The smallest absolute Gasteiger partial charge is 0.276 e. The average molecular weight is 216 g/mol. The van der Waals surface area contributed by atoms with Crippen molar-refractivity contribution in [2.24, 2.45) is 5.73 Å². The number of amides is 2. The van der Waals surface area contributed by atoms with Crippen LogP contribution in [0.2, 0.25) is 0 Å². The molecule has 0 bridgehead atoms. The van der Waals surface area contributed by atoms with Gasteiger partial charge < -0.3 is 5.73 Å². The molecule has 82 valence electrons. The lowest BCUT2D eigenvalue weighted by Crippen LogP contribution is -2.34. The van der Waals surface area contributed by atoms with Crippen molar-refractivity contribution in [2.45, 2.75) is 6.42 Å². The first-order valence-corrected chi connectivity index (χ1v) is 5.05. The van der Waals surface area contributed by atoms with E-state index in [2.05, 4.69) is 0 Å². The van der Waals surface area contributed by atoms with E-state index < -0.39 is 0 Å². The van der Waals surface area contributed by atoms with Crippen LogP contribution in [-0.4, -0.2) is 23.3 Å². The van der Waals surface area contributed by atoms with Crippen LogP contribution in [0.3, 0.4) is 0 Å². The second-order valence-electron chi connectivity index (χ2n) is 3.63. The molecule has 1 aliphatic rings. The van der Waals surface area contributed by atoms with Crippen LogP contribution >= 0.6 is 0 Å². The third-order valence-corrected chi connectivity index (χ3v) is 2.50. The van der Waals surface area contributed by atoms with Gasteiger partial charge in [0.2, 0.25) is 0 Å². The molecule has 0 fully saturated rings. The van der Waals surface area contributed by atoms with Crippen LogP contribution in [0.1, 0.15) is 5.56 Å². The summed E-state index contributed by atoms with van der Waals surface area (Å²) in [5, 5.41) is 0. The Morgan fingerprint density at radius 2 is 1.81 bits per heavy atom. The molecule has 0 aliphatic carbocycles. The highest BCUT2D eigenvalue weighted by Gasteiger charge is 2.28. The Labute approximate surface area is 93.3 Å². The molecule has 0 spiro atoms. The van der Waals surface area contributed by atoms with E-state index >= 15 is 0 Å². The first-order chi connectivity index (χ1) is 7.68. The summed E-state index contributed by atoms with van der Waals surface area (Å²) in [6.07, 6.45) is 1.83. The SMILES string of the molecule is NC1=CC(=O)N(CCc2ccccc2)C1=O. The first kappa shape index (κ1) is 10.4. The molecule has 0 atom stereocenters. The summed E-state index contributed by atoms with van der Waals surface area (Å²) in [5.41, 5.74) is 6.49. The molecule has 1 aliphatic heterocycles. The molecule has 1 aromatic rings. The molecule has 0 saturated heterocycles. The van der Waals surface area contributed by atoms with Gasteiger partial charge in [-0.1, -0.05) is 30.3 Å². The predicted molar refractivity (Wildman–Crippen MR) is 59.1 cm³/mol. The number of rotatable bonds is 3. The maximum Gasteiger partial charge on any atom is 0.276 e. The van der Waals surface area contributed by atoms with Crippen molar-refractivity contribution in [3.05, 3.63) is 47.7 Å². The molecule has 4 heteroatoms. The zero-order valence-corrected chi connectivity index (χ0v) is 8.72. The van der Waals surface area contributed by atoms with Crippen molar-refractivity contribution in [1.29, 1.82) is 0 Å². The highest BCUT2D eigenvalue weighted by molar-refractivity contribution is 6.15. The topological polar surface area (TPSA) is 63.4 Å². The van der Waals surface area contributed by atoms with Gasteiger partial charge in [0.25, 0.3) is 11.8 Å². The van der Waals surface area contributed by atoms with E-state index in [4.69, 9.17) is 5.73 Å². The van der Waals surface area contributed by atoms with Gasteiger partial charge in [0.1, 0.15) is 5.70 Å². The number of nitrogens with two attached hydrogens (primary N) is 1. The summed E-state index contributed by atoms with van der Waals surface area (Å²) in [4.78, 5) is 24.0. The molecule has 0 saturated carbocycles. The van der Waals surface area contributed by atoms with Crippen molar-refractivity contribution >= 4 is 11.8 Å². The number of benzene rings is 1. The quantitative estimate of drug-likeness (QED) is 0.746. The summed E-state index contributed by atoms with van der Waals surface area (Å²) >= 11 is 0. The predicted octanol–water partition coefficient (Wildman–Crippen LogP) is 0.440. The van der Waals surface area contributed by atoms with Gasteiger partial charge >= 0.3 is 0 Å². The molecule has 2 amide bonds. The molecule has 0 radical (unpaired) electrons. The van der Waals surface area contributed by atoms with Gasteiger partial charge in [-0.3, -0.25) is 14.5 Å². The molecule has 16 heavy (non-hydrogen) atoms. The minimum Gasteiger partial charge on any atom is -0.394 e. The fourth-order valence-electron chi connectivity index (χ4n) is 1.63. The molecule has 0 aromatic heterocycles. The van der Waals surface area contributed by atoms with Crippen molar-refractivity contribution in [1.82, 2.24) is 4.90 Å². The molecule has 1 heterocycles. The van der Waals surface area contributed by atoms with Crippen molar-refractivity contribution in [2.75, 3.05) is 6.54 Å². The van der Waals surface area contributed by atoms with Gasteiger partial charge in [-0.15, -0.1) is 0 Å². The largest absolute Gasteiger partial charge is 0.394 e. The summed E-state index contributed by atoms with van der Waals surface area (Å²) < 4.78 is 0. The van der Waals surface area contributed by atoms with Crippen molar-refractivity contribution < 1.29 is 9.59 Å². The average Bonchev–Trinajstić information content (AvgIpc) is 2.53. The second kappa shape index (κ2) is 4.18. The number of imide groups is 1. The number of hydrogen-bond acceptors (Lipinski definition) is 3. The van der Waals surface area contributed by atoms with Crippen LogP contribution in [0.5, 0.6) is 0 Å². The molecule has 4 nitrogen and oxygen atoms in total. The third-order valence-electron chi connectivity index (χ3n) is 2.50. The standard InChI is InChI=1S/C12H12N2O2/c13-10-8-11(15)14(12(10)16)7-6-9-4-2-1-3-5-9/h1-5,8H,6-7,13H2. The molecule has 0 unspecified atom stereocenters. The molecular formula is C12H12N2O2. The van der Waals surface area contributed by atoms with Crippen molar-refractivity contribution in [3.8, 4) is 0 Å². The fraction of sp³-hybridized carbons (Fsp3) is 0.167. The van der Waals surface area contributed by atoms with Gasteiger partial charge in [0.15, 0.2) is 0 Å². The van der Waals surface area contributed by atoms with E-state index in [0.29, 0.717) is 13.0 Å². The Bertz CT molecular complexity index is 451. The minimum atomic E-state index is -0.388. The van der Waals surface area contributed by atoms with Gasteiger partial charge in [0.05, 0.1) is 0 Å². The number of nitrogens with zero attached hydrogens (tertiary/aromatic N) is 1. The van der Waals surface area contributed by atoms with Crippen LogP contribution in [0.25, 0.3) is 0 Å². The number of carbonyl (C=O) groups is 2. The normalized spacial score (nSPS) is 15.5. The number of hydrogen-bond donors (Lipinski definition) is 1. The van der Waals surface area contributed by atoms with Crippen LogP contribution in [0.4, 0.5) is 0 Å². The highest BCUT2D eigenvalue weighted by atomic mass is 16.2. The van der Waals surface area contributed by atoms with Crippen LogP contribution in [0, 0.1) is 0 Å². The number of carbonyl (C=O) groups excluding carboxylic acids is 2. The van der Waals surface area contributed by atoms with E-state index in [-0.39, 0.29) is 17.5 Å². The van der Waals surface area contributed by atoms with Crippen molar-refractivity contribution in [3.63, 3.8) is 0 Å². The Morgan fingerprint density at radius 3 is 2.38 bits per heavy atom. The summed E-state index contributed by atoms with van der Waals surface area (Å²) in [6.45, 7) is 0.374. The fourth-order valence-corrected chi connectivity index (χ4v) is 1.63. The first-order valence-electron chi connectivity index (χ1n) is 5.05. The lowest BCUT2D eigenvalue weighted by Gasteiger charge is -2.13. The van der Waals surface area contributed by atoms with E-state index in [1.807, 2.05) is 30.3 Å². The van der Waals surface area contributed by atoms with E-state index in [1.165, 1.54) is 11.0 Å². The van der Waals surface area contributed by atoms with Crippen LogP contribution in [-0.2, 0) is 16.0 Å². The van der Waals surface area contributed by atoms with Gasteiger partial charge in [-0.05, 0) is 12.0 Å². The summed E-state index contributed by atoms with van der Waals surface area (Å²) in [7, 11) is 0. The van der Waals surface area contributed by atoms with Crippen LogP contribution in [0.15, 0.2) is 42.1 Å². The maximum absolute atomic E-state index is 11.4. The molecule has 1 aromatic carbocycles. The lowest BCUT2D eigenvalue weighted by molar-refractivity contribution is -0.137.